The summed E-state index contributed by atoms with van der Waals surface area (Å²) < 4.78 is 5.47. The molecule has 3 nitrogen and oxygen atoms in total. The van der Waals surface area contributed by atoms with Crippen LogP contribution in [0.4, 0.5) is 0 Å². The average Bonchev–Trinajstić information content (AvgIpc) is 2.64. The van der Waals surface area contributed by atoms with Crippen molar-refractivity contribution < 1.29 is 4.74 Å². The molecule has 0 bridgehead atoms. The van der Waals surface area contributed by atoms with Crippen molar-refractivity contribution in [3.05, 3.63) is 42.7 Å². The Morgan fingerprint density at radius 1 is 0.742 bits per heavy atom. The van der Waals surface area contributed by atoms with Crippen molar-refractivity contribution in [1.82, 2.24) is 9.80 Å². The molecule has 1 aromatic carbocycles. The summed E-state index contributed by atoms with van der Waals surface area (Å²) in [5.74, 6) is 2.44. The summed E-state index contributed by atoms with van der Waals surface area (Å²) in [7, 11) is 6.31. The number of rotatable bonds is 4. The zero-order chi connectivity index (χ0) is 23.4. The largest absolute Gasteiger partial charge is 0.497 e. The second-order valence-electron chi connectivity index (χ2n) is 12.4. The molecular formula is C28H46N2O. The highest BCUT2D eigenvalue weighted by atomic mass is 16.5. The zero-order valence-corrected chi connectivity index (χ0v) is 21.9. The van der Waals surface area contributed by atoms with Crippen LogP contribution in [0.15, 0.2) is 24.3 Å². The molecule has 0 aromatic heterocycles. The molecule has 0 spiro atoms. The standard InChI is InChI=1S/C28H46N2O/c1-25(2)16-21(17-26(3,4)29(25)9)24(20-12-14-23(31-11)15-13-20)22-18-27(5,6)30(10)28(7,8)19-22/h12-16,18,21-22,24H,17,19H2,1-11H3. The van der Waals surface area contributed by atoms with E-state index in [1.54, 1.807) is 7.11 Å². The molecule has 174 valence electrons. The second kappa shape index (κ2) is 8.06. The lowest BCUT2D eigenvalue weighted by Gasteiger charge is -2.59. The molecule has 1 aromatic rings. The van der Waals surface area contributed by atoms with Crippen molar-refractivity contribution in [3.8, 4) is 5.75 Å². The maximum Gasteiger partial charge on any atom is 0.118 e. The number of piperidine rings is 2. The van der Waals surface area contributed by atoms with Gasteiger partial charge >= 0.3 is 0 Å². The Bertz CT molecular complexity index is 684. The van der Waals surface area contributed by atoms with E-state index in [2.05, 4.69) is 116 Å². The number of methoxy groups -OCH3 is 1. The van der Waals surface area contributed by atoms with Gasteiger partial charge in [0.05, 0.1) is 7.11 Å². The van der Waals surface area contributed by atoms with Gasteiger partial charge < -0.3 is 4.74 Å². The van der Waals surface area contributed by atoms with Gasteiger partial charge in [0.25, 0.3) is 0 Å². The van der Waals surface area contributed by atoms with Gasteiger partial charge in [0, 0.05) is 22.2 Å². The maximum atomic E-state index is 5.47. The van der Waals surface area contributed by atoms with Gasteiger partial charge in [-0.15, -0.1) is 0 Å². The summed E-state index contributed by atoms with van der Waals surface area (Å²) in [6.45, 7) is 19.1. The van der Waals surface area contributed by atoms with Crippen LogP contribution < -0.4 is 4.74 Å². The summed E-state index contributed by atoms with van der Waals surface area (Å²) in [4.78, 5) is 5.10. The lowest BCUT2D eigenvalue weighted by atomic mass is 9.60. The molecule has 2 radical (unpaired) electrons. The Balaban J connectivity index is 2.05. The van der Waals surface area contributed by atoms with Crippen molar-refractivity contribution in [3.63, 3.8) is 0 Å². The van der Waals surface area contributed by atoms with Crippen LogP contribution in [0.3, 0.4) is 0 Å². The van der Waals surface area contributed by atoms with Gasteiger partial charge in [-0.25, -0.2) is 0 Å². The van der Waals surface area contributed by atoms with E-state index < -0.39 is 0 Å². The molecule has 3 rings (SSSR count). The minimum Gasteiger partial charge on any atom is -0.497 e. The van der Waals surface area contributed by atoms with E-state index >= 15 is 0 Å². The Morgan fingerprint density at radius 2 is 1.13 bits per heavy atom. The van der Waals surface area contributed by atoms with Crippen LogP contribution in [0, 0.1) is 24.7 Å². The lowest BCUT2D eigenvalue weighted by molar-refractivity contribution is -0.0228. The first kappa shape index (κ1) is 24.6. The van der Waals surface area contributed by atoms with E-state index in [-0.39, 0.29) is 22.2 Å². The molecule has 31 heavy (non-hydrogen) atoms. The third-order valence-electron chi connectivity index (χ3n) is 8.68. The van der Waals surface area contributed by atoms with Crippen molar-refractivity contribution >= 4 is 0 Å². The molecule has 2 unspecified atom stereocenters. The molecule has 2 heterocycles. The van der Waals surface area contributed by atoms with E-state index in [4.69, 9.17) is 4.74 Å². The summed E-state index contributed by atoms with van der Waals surface area (Å²) in [5.41, 5.74) is 1.88. The predicted molar refractivity (Wildman–Crippen MR) is 132 cm³/mol. The molecule has 2 aliphatic rings. The quantitative estimate of drug-likeness (QED) is 0.569. The first-order valence-corrected chi connectivity index (χ1v) is 11.9. The summed E-state index contributed by atoms with van der Waals surface area (Å²) in [6, 6.07) is 8.89. The highest BCUT2D eigenvalue weighted by Gasteiger charge is 2.51. The van der Waals surface area contributed by atoms with Crippen LogP contribution in [0.5, 0.6) is 5.75 Å². The van der Waals surface area contributed by atoms with Gasteiger partial charge in [-0.3, -0.25) is 9.80 Å². The van der Waals surface area contributed by atoms with E-state index in [0.717, 1.165) is 5.75 Å². The minimum absolute atomic E-state index is 0.0631. The van der Waals surface area contributed by atoms with Gasteiger partial charge in [0.15, 0.2) is 0 Å². The van der Waals surface area contributed by atoms with E-state index in [1.165, 1.54) is 18.4 Å². The van der Waals surface area contributed by atoms with Crippen molar-refractivity contribution in [2.24, 2.45) is 11.8 Å². The Morgan fingerprint density at radius 3 is 1.45 bits per heavy atom. The minimum atomic E-state index is 0.0631. The topological polar surface area (TPSA) is 15.7 Å². The zero-order valence-electron chi connectivity index (χ0n) is 21.9. The second-order valence-corrected chi connectivity index (χ2v) is 12.4. The van der Waals surface area contributed by atoms with E-state index in [0.29, 0.717) is 17.8 Å². The van der Waals surface area contributed by atoms with Crippen LogP contribution in [0.1, 0.15) is 79.7 Å². The molecule has 3 heteroatoms. The van der Waals surface area contributed by atoms with Crippen molar-refractivity contribution in [1.29, 1.82) is 0 Å². The Hall–Kier alpha value is -1.06. The highest BCUT2D eigenvalue weighted by molar-refractivity contribution is 5.33. The summed E-state index contributed by atoms with van der Waals surface area (Å²) in [6.07, 6.45) is 7.62. The smallest absolute Gasteiger partial charge is 0.118 e. The number of nitrogens with zero attached hydrogens (tertiary/aromatic N) is 2. The summed E-state index contributed by atoms with van der Waals surface area (Å²) >= 11 is 0. The lowest BCUT2D eigenvalue weighted by Crippen LogP contribution is -2.62. The third-order valence-corrected chi connectivity index (χ3v) is 8.68. The number of benzene rings is 1. The van der Waals surface area contributed by atoms with Gasteiger partial charge in [0.1, 0.15) is 5.75 Å². The number of likely N-dealkylation sites (tertiary alicyclic amines) is 2. The highest BCUT2D eigenvalue weighted by Crippen LogP contribution is 2.53. The Labute approximate surface area is 192 Å². The van der Waals surface area contributed by atoms with Crippen LogP contribution in [-0.2, 0) is 0 Å². The summed E-state index contributed by atoms with van der Waals surface area (Å²) in [5, 5.41) is 0. The maximum absolute atomic E-state index is 5.47. The van der Waals surface area contributed by atoms with E-state index in [9.17, 15) is 0 Å². The van der Waals surface area contributed by atoms with Gasteiger partial charge in [-0.2, -0.15) is 0 Å². The average molecular weight is 427 g/mol. The molecule has 0 aliphatic carbocycles. The first-order valence-electron chi connectivity index (χ1n) is 11.9. The third kappa shape index (κ3) is 4.69. The first-order chi connectivity index (χ1) is 14.1. The molecule has 2 fully saturated rings. The predicted octanol–water partition coefficient (Wildman–Crippen LogP) is 6.21. The van der Waals surface area contributed by atoms with Crippen LogP contribution >= 0.6 is 0 Å². The van der Waals surface area contributed by atoms with Crippen LogP contribution in [0.25, 0.3) is 0 Å². The fourth-order valence-corrected chi connectivity index (χ4v) is 6.48. The molecule has 2 aliphatic heterocycles. The van der Waals surface area contributed by atoms with Crippen LogP contribution in [-0.4, -0.2) is 53.2 Å². The number of hydrogen-bond acceptors (Lipinski definition) is 3. The normalized spacial score (nSPS) is 26.8. The molecule has 0 amide bonds. The Kier molecular flexibility index (Phi) is 6.39. The molecule has 2 saturated heterocycles. The number of hydrogen-bond donors (Lipinski definition) is 0. The van der Waals surface area contributed by atoms with Crippen molar-refractivity contribution in [2.75, 3.05) is 21.2 Å². The molecule has 2 atom stereocenters. The number of ether oxygens (including phenoxy) is 1. The fourth-order valence-electron chi connectivity index (χ4n) is 6.48. The van der Waals surface area contributed by atoms with Crippen LogP contribution in [0.2, 0.25) is 0 Å². The van der Waals surface area contributed by atoms with E-state index in [1.807, 2.05) is 0 Å². The monoisotopic (exact) mass is 426 g/mol. The fraction of sp³-hybridized carbons (Fsp3) is 0.714. The van der Waals surface area contributed by atoms with Gasteiger partial charge in [-0.05, 0) is 131 Å². The van der Waals surface area contributed by atoms with Gasteiger partial charge in [0.2, 0.25) is 0 Å². The molecule has 0 N–H and O–H groups in total. The molecular weight excluding hydrogens is 380 g/mol. The molecule has 0 saturated carbocycles. The van der Waals surface area contributed by atoms with Gasteiger partial charge in [-0.1, -0.05) is 12.1 Å². The van der Waals surface area contributed by atoms with Crippen molar-refractivity contribution in [2.45, 2.75) is 96.3 Å². The SMILES string of the molecule is COc1ccc(C(C2[CH]C(C)(C)N(C)C(C)(C)C2)C2[CH]C(C)(C)N(C)C(C)(C)C2)cc1.